The van der Waals surface area contributed by atoms with Crippen molar-refractivity contribution in [2.45, 2.75) is 6.54 Å². The summed E-state index contributed by atoms with van der Waals surface area (Å²) in [6, 6.07) is 10.4. The van der Waals surface area contributed by atoms with Crippen molar-refractivity contribution in [3.8, 4) is 0 Å². The fraction of sp³-hybridized carbons (Fsp3) is 0.500. The van der Waals surface area contributed by atoms with Crippen LogP contribution in [-0.4, -0.2) is 84.1 Å². The molecule has 2 fully saturated rings. The fourth-order valence-corrected chi connectivity index (χ4v) is 3.96. The minimum absolute atomic E-state index is 0.0357. The molecule has 3 heterocycles. The van der Waals surface area contributed by atoms with Crippen molar-refractivity contribution < 1.29 is 4.92 Å². The van der Waals surface area contributed by atoms with Crippen LogP contribution in [0.25, 0.3) is 0 Å². The van der Waals surface area contributed by atoms with E-state index in [-0.39, 0.29) is 10.6 Å². The molecule has 2 aliphatic rings. The molecule has 0 bridgehead atoms. The Morgan fingerprint density at radius 2 is 1.45 bits per heavy atom. The quantitative estimate of drug-likeness (QED) is 0.554. The lowest BCUT2D eigenvalue weighted by Gasteiger charge is -2.36. The number of nitro groups is 1. The first-order valence-electron chi connectivity index (χ1n) is 10.1. The molecule has 9 nitrogen and oxygen atoms in total. The van der Waals surface area contributed by atoms with Crippen LogP contribution in [-0.2, 0) is 6.54 Å². The molecule has 2 saturated heterocycles. The van der Waals surface area contributed by atoms with Crippen molar-refractivity contribution >= 4 is 17.3 Å². The predicted octanol–water partition coefficient (Wildman–Crippen LogP) is 1.46. The first-order valence-corrected chi connectivity index (χ1v) is 10.1. The highest BCUT2D eigenvalue weighted by Crippen LogP contribution is 2.35. The van der Waals surface area contributed by atoms with E-state index >= 15 is 0 Å². The maximum atomic E-state index is 11.9. The Hall–Kier alpha value is -2.78. The molecule has 2 aromatic rings. The average Bonchev–Trinajstić information content (AvgIpc) is 2.75. The van der Waals surface area contributed by atoms with E-state index in [2.05, 4.69) is 51.1 Å². The maximum Gasteiger partial charge on any atom is 0.353 e. The lowest BCUT2D eigenvalue weighted by molar-refractivity contribution is -0.383. The first kappa shape index (κ1) is 19.5. The van der Waals surface area contributed by atoms with Crippen molar-refractivity contribution in [2.75, 3.05) is 69.2 Å². The van der Waals surface area contributed by atoms with Gasteiger partial charge in [0.25, 0.3) is 0 Å². The maximum absolute atomic E-state index is 11.9. The van der Waals surface area contributed by atoms with E-state index in [1.54, 1.807) is 0 Å². The second-order valence-corrected chi connectivity index (χ2v) is 7.67. The van der Waals surface area contributed by atoms with Crippen molar-refractivity contribution in [3.05, 3.63) is 52.3 Å². The van der Waals surface area contributed by atoms with Gasteiger partial charge in [0.05, 0.1) is 4.92 Å². The zero-order valence-corrected chi connectivity index (χ0v) is 16.8. The topological polar surface area (TPSA) is 81.9 Å². The molecule has 1 aromatic heterocycles. The molecule has 4 rings (SSSR count). The van der Waals surface area contributed by atoms with E-state index < -0.39 is 0 Å². The summed E-state index contributed by atoms with van der Waals surface area (Å²) in [6.07, 6.45) is 1.46. The van der Waals surface area contributed by atoms with E-state index in [4.69, 9.17) is 0 Å². The summed E-state index contributed by atoms with van der Waals surface area (Å²) < 4.78 is 0. The van der Waals surface area contributed by atoms with E-state index in [0.717, 1.165) is 45.8 Å². The Morgan fingerprint density at radius 1 is 0.897 bits per heavy atom. The number of anilines is 2. The SMILES string of the molecule is CN1CCN(c2ncnc(N3CCN(Cc4ccccc4)CC3)c2[N+](=O)[O-])CC1. The van der Waals surface area contributed by atoms with Crippen LogP contribution >= 0.6 is 0 Å². The fourth-order valence-electron chi connectivity index (χ4n) is 3.96. The van der Waals surface area contributed by atoms with Gasteiger partial charge in [-0.2, -0.15) is 0 Å². The van der Waals surface area contributed by atoms with Gasteiger partial charge in [-0.15, -0.1) is 0 Å². The number of benzene rings is 1. The third kappa shape index (κ3) is 4.46. The summed E-state index contributed by atoms with van der Waals surface area (Å²) in [7, 11) is 2.06. The van der Waals surface area contributed by atoms with Crippen molar-refractivity contribution in [1.29, 1.82) is 0 Å². The molecule has 0 amide bonds. The highest BCUT2D eigenvalue weighted by molar-refractivity contribution is 5.71. The highest BCUT2D eigenvalue weighted by atomic mass is 16.6. The molecule has 1 aromatic carbocycles. The number of hydrogen-bond donors (Lipinski definition) is 0. The summed E-state index contributed by atoms with van der Waals surface area (Å²) in [6.45, 7) is 7.23. The third-order valence-electron chi connectivity index (χ3n) is 5.69. The summed E-state index contributed by atoms with van der Waals surface area (Å²) in [4.78, 5) is 28.9. The van der Waals surface area contributed by atoms with Crippen molar-refractivity contribution in [2.24, 2.45) is 0 Å². The van der Waals surface area contributed by atoms with Crippen LogP contribution in [0.4, 0.5) is 17.3 Å². The Kier molecular flexibility index (Phi) is 5.86. The van der Waals surface area contributed by atoms with Crippen LogP contribution in [0.15, 0.2) is 36.7 Å². The van der Waals surface area contributed by atoms with Crippen LogP contribution in [0.1, 0.15) is 5.56 Å². The summed E-state index contributed by atoms with van der Waals surface area (Å²) in [5, 5.41) is 11.9. The van der Waals surface area contributed by atoms with E-state index in [9.17, 15) is 10.1 Å². The molecule has 29 heavy (non-hydrogen) atoms. The average molecular weight is 397 g/mol. The van der Waals surface area contributed by atoms with Gasteiger partial charge in [0.2, 0.25) is 11.6 Å². The van der Waals surface area contributed by atoms with Crippen molar-refractivity contribution in [3.63, 3.8) is 0 Å². The van der Waals surface area contributed by atoms with Gasteiger partial charge in [-0.25, -0.2) is 9.97 Å². The minimum Gasteiger partial charge on any atom is -0.348 e. The number of nitrogens with zero attached hydrogens (tertiary/aromatic N) is 7. The van der Waals surface area contributed by atoms with Gasteiger partial charge >= 0.3 is 5.69 Å². The molecular formula is C20H27N7O2. The summed E-state index contributed by atoms with van der Waals surface area (Å²) in [5.74, 6) is 0.887. The van der Waals surface area contributed by atoms with Crippen LogP contribution < -0.4 is 9.80 Å². The van der Waals surface area contributed by atoms with Gasteiger partial charge < -0.3 is 14.7 Å². The smallest absolute Gasteiger partial charge is 0.348 e. The number of rotatable bonds is 5. The van der Waals surface area contributed by atoms with Crippen LogP contribution in [0.5, 0.6) is 0 Å². The molecule has 2 aliphatic heterocycles. The Labute approximate surface area is 170 Å². The van der Waals surface area contributed by atoms with Gasteiger partial charge in [0.1, 0.15) is 6.33 Å². The monoisotopic (exact) mass is 397 g/mol. The van der Waals surface area contributed by atoms with Gasteiger partial charge in [0, 0.05) is 58.9 Å². The number of hydrogen-bond acceptors (Lipinski definition) is 8. The number of piperazine rings is 2. The molecule has 9 heteroatoms. The Bertz CT molecular complexity index is 832. The van der Waals surface area contributed by atoms with Crippen LogP contribution in [0.2, 0.25) is 0 Å². The molecule has 0 N–H and O–H groups in total. The molecule has 0 radical (unpaired) electrons. The van der Waals surface area contributed by atoms with Crippen LogP contribution in [0.3, 0.4) is 0 Å². The van der Waals surface area contributed by atoms with Gasteiger partial charge in [-0.05, 0) is 12.6 Å². The molecule has 0 atom stereocenters. The Balaban J connectivity index is 1.48. The zero-order chi connectivity index (χ0) is 20.2. The largest absolute Gasteiger partial charge is 0.353 e. The number of likely N-dealkylation sites (N-methyl/N-ethyl adjacent to an activating group) is 1. The normalized spacial score (nSPS) is 18.8. The van der Waals surface area contributed by atoms with E-state index in [1.165, 1.54) is 11.9 Å². The molecule has 0 spiro atoms. The lowest BCUT2D eigenvalue weighted by atomic mass is 10.2. The number of aromatic nitrogens is 2. The minimum atomic E-state index is -0.320. The Morgan fingerprint density at radius 3 is 2.00 bits per heavy atom. The summed E-state index contributed by atoms with van der Waals surface area (Å²) in [5.41, 5.74) is 1.32. The standard InChI is InChI=1S/C20H27N7O2/c1-23-7-11-25(12-8-23)19-18(27(28)29)20(22-16-21-19)26-13-9-24(10-14-26)15-17-5-3-2-4-6-17/h2-6,16H,7-15H2,1H3. The molecule has 154 valence electrons. The lowest BCUT2D eigenvalue weighted by Crippen LogP contribution is -2.47. The molecule has 0 saturated carbocycles. The predicted molar refractivity (Wildman–Crippen MR) is 112 cm³/mol. The third-order valence-corrected chi connectivity index (χ3v) is 5.69. The van der Waals surface area contributed by atoms with E-state index in [0.29, 0.717) is 24.7 Å². The molecular weight excluding hydrogens is 370 g/mol. The zero-order valence-electron chi connectivity index (χ0n) is 16.8. The van der Waals surface area contributed by atoms with E-state index in [1.807, 2.05) is 15.9 Å². The van der Waals surface area contributed by atoms with Gasteiger partial charge in [-0.1, -0.05) is 30.3 Å². The van der Waals surface area contributed by atoms with Crippen molar-refractivity contribution in [1.82, 2.24) is 19.8 Å². The van der Waals surface area contributed by atoms with Gasteiger partial charge in [0.15, 0.2) is 0 Å². The highest BCUT2D eigenvalue weighted by Gasteiger charge is 2.32. The van der Waals surface area contributed by atoms with Crippen LogP contribution in [0, 0.1) is 10.1 Å². The second-order valence-electron chi connectivity index (χ2n) is 7.67. The van der Waals surface area contributed by atoms with Gasteiger partial charge in [-0.3, -0.25) is 15.0 Å². The first-order chi connectivity index (χ1) is 14.1. The molecule has 0 aliphatic carbocycles. The summed E-state index contributed by atoms with van der Waals surface area (Å²) >= 11 is 0. The molecule has 0 unspecified atom stereocenters. The second kappa shape index (κ2) is 8.71.